The molecule has 1 heterocycles. The Labute approximate surface area is 150 Å². The summed E-state index contributed by atoms with van der Waals surface area (Å²) >= 11 is 0. The molecule has 0 N–H and O–H groups in total. The van der Waals surface area contributed by atoms with Gasteiger partial charge in [0, 0.05) is 0 Å². The molecule has 6 heteroatoms. The van der Waals surface area contributed by atoms with Crippen LogP contribution < -0.4 is 4.74 Å². The number of ether oxygens (including phenoxy) is 3. The zero-order valence-electron chi connectivity index (χ0n) is 14.4. The van der Waals surface area contributed by atoms with Crippen LogP contribution in [0.3, 0.4) is 0 Å². The molecule has 26 heavy (non-hydrogen) atoms. The first-order valence-corrected chi connectivity index (χ1v) is 8.45. The van der Waals surface area contributed by atoms with Gasteiger partial charge in [-0.15, -0.1) is 0 Å². The summed E-state index contributed by atoms with van der Waals surface area (Å²) in [6, 6.07) is 11.6. The summed E-state index contributed by atoms with van der Waals surface area (Å²) in [4.78, 5) is 0. The van der Waals surface area contributed by atoms with Crippen LogP contribution in [0.2, 0.25) is 0 Å². The maximum atomic E-state index is 13.8. The Morgan fingerprint density at radius 2 is 1.85 bits per heavy atom. The van der Waals surface area contributed by atoms with Gasteiger partial charge in [-0.25, -0.2) is 4.39 Å². The summed E-state index contributed by atoms with van der Waals surface area (Å²) in [5.41, 5.74) is 1.46. The maximum Gasteiger partial charge on any atom is 0.202 e. The molecule has 4 nitrogen and oxygen atoms in total. The Morgan fingerprint density at radius 1 is 1.08 bits per heavy atom. The van der Waals surface area contributed by atoms with Crippen molar-refractivity contribution < 1.29 is 23.0 Å². The third-order valence-electron chi connectivity index (χ3n) is 4.34. The molecule has 1 aliphatic heterocycles. The number of rotatable bonds is 5. The van der Waals surface area contributed by atoms with E-state index in [2.05, 4.69) is 6.92 Å². The summed E-state index contributed by atoms with van der Waals surface area (Å²) in [6.07, 6.45) is 0.981. The van der Waals surface area contributed by atoms with Gasteiger partial charge in [0.15, 0.2) is 11.6 Å². The van der Waals surface area contributed by atoms with Gasteiger partial charge in [0.1, 0.15) is 18.8 Å². The summed E-state index contributed by atoms with van der Waals surface area (Å²) in [7, 11) is 0. The molecule has 2 aromatic carbocycles. The highest BCUT2D eigenvalue weighted by molar-refractivity contribution is 5.38. The van der Waals surface area contributed by atoms with Gasteiger partial charge in [0.25, 0.3) is 0 Å². The molecule has 2 atom stereocenters. The van der Waals surface area contributed by atoms with Gasteiger partial charge >= 0.3 is 0 Å². The monoisotopic (exact) mass is 359 g/mol. The topological polar surface area (TPSA) is 51.5 Å². The lowest BCUT2D eigenvalue weighted by atomic mass is 10.1. The minimum Gasteiger partial charge on any atom is -0.486 e. The van der Waals surface area contributed by atoms with Crippen molar-refractivity contribution in [2.75, 3.05) is 13.2 Å². The molecule has 0 amide bonds. The first-order valence-electron chi connectivity index (χ1n) is 8.45. The predicted molar refractivity (Wildman–Crippen MR) is 90.6 cm³/mol. The van der Waals surface area contributed by atoms with Gasteiger partial charge in [0.05, 0.1) is 24.9 Å². The van der Waals surface area contributed by atoms with Crippen molar-refractivity contribution in [2.45, 2.75) is 32.2 Å². The number of nitrogens with zero attached hydrogens (tertiary/aromatic N) is 1. The molecule has 2 aromatic rings. The van der Waals surface area contributed by atoms with Gasteiger partial charge in [0.2, 0.25) is 5.82 Å². The standard InChI is InChI=1S/C20H19F2NO3/c1-2-16-11-26-18(12-24-16)14-5-3-13(4-6-14)10-25-17-8-7-15(9-23)19(21)20(17)22/h3-8,16,18H,2,10-12H2,1H3. The van der Waals surface area contributed by atoms with Crippen LogP contribution in [0, 0.1) is 23.0 Å². The Balaban J connectivity index is 1.60. The fourth-order valence-corrected chi connectivity index (χ4v) is 2.69. The fourth-order valence-electron chi connectivity index (χ4n) is 2.69. The van der Waals surface area contributed by atoms with Crippen molar-refractivity contribution in [1.29, 1.82) is 5.26 Å². The van der Waals surface area contributed by atoms with Gasteiger partial charge in [-0.2, -0.15) is 9.65 Å². The van der Waals surface area contributed by atoms with E-state index < -0.39 is 11.6 Å². The average Bonchev–Trinajstić information content (AvgIpc) is 2.70. The van der Waals surface area contributed by atoms with Crippen LogP contribution in [-0.4, -0.2) is 19.3 Å². The molecule has 0 aliphatic carbocycles. The normalized spacial score (nSPS) is 19.8. The highest BCUT2D eigenvalue weighted by atomic mass is 19.2. The molecule has 136 valence electrons. The highest BCUT2D eigenvalue weighted by Gasteiger charge is 2.22. The highest BCUT2D eigenvalue weighted by Crippen LogP contribution is 2.26. The molecule has 0 bridgehead atoms. The van der Waals surface area contributed by atoms with Gasteiger partial charge in [-0.05, 0) is 29.7 Å². The first-order chi connectivity index (χ1) is 12.6. The minimum atomic E-state index is -1.19. The van der Waals surface area contributed by atoms with E-state index in [1.165, 1.54) is 12.1 Å². The van der Waals surface area contributed by atoms with Gasteiger partial charge in [-0.3, -0.25) is 0 Å². The smallest absolute Gasteiger partial charge is 0.202 e. The SMILES string of the molecule is CCC1COC(c2ccc(COc3ccc(C#N)c(F)c3F)cc2)CO1. The summed E-state index contributed by atoms with van der Waals surface area (Å²) in [6.45, 7) is 3.24. The van der Waals surface area contributed by atoms with Crippen molar-refractivity contribution in [2.24, 2.45) is 0 Å². The molecule has 0 spiro atoms. The van der Waals surface area contributed by atoms with Crippen LogP contribution in [0.4, 0.5) is 8.78 Å². The van der Waals surface area contributed by atoms with Crippen LogP contribution in [0.5, 0.6) is 5.75 Å². The van der Waals surface area contributed by atoms with Gasteiger partial charge in [-0.1, -0.05) is 31.2 Å². The second-order valence-electron chi connectivity index (χ2n) is 6.07. The Kier molecular flexibility index (Phi) is 5.82. The van der Waals surface area contributed by atoms with Crippen molar-refractivity contribution in [1.82, 2.24) is 0 Å². The maximum absolute atomic E-state index is 13.8. The Hall–Kier alpha value is -2.49. The summed E-state index contributed by atoms with van der Waals surface area (Å²) in [5, 5.41) is 8.69. The molecule has 1 aliphatic rings. The first kappa shape index (κ1) is 18.3. The van der Waals surface area contributed by atoms with Crippen LogP contribution in [0.1, 0.15) is 36.1 Å². The molecule has 2 unspecified atom stereocenters. The molecule has 0 radical (unpaired) electrons. The van der Waals surface area contributed by atoms with Crippen LogP contribution in [0.25, 0.3) is 0 Å². The predicted octanol–water partition coefficient (Wildman–Crippen LogP) is 4.28. The molecular weight excluding hydrogens is 340 g/mol. The lowest BCUT2D eigenvalue weighted by Gasteiger charge is -2.29. The molecule has 1 saturated heterocycles. The van der Waals surface area contributed by atoms with Crippen LogP contribution in [-0.2, 0) is 16.1 Å². The zero-order chi connectivity index (χ0) is 18.5. The quantitative estimate of drug-likeness (QED) is 0.799. The molecule has 1 fully saturated rings. The minimum absolute atomic E-state index is 0.0858. The van der Waals surface area contributed by atoms with E-state index in [0.29, 0.717) is 13.2 Å². The largest absolute Gasteiger partial charge is 0.486 e. The summed E-state index contributed by atoms with van der Waals surface area (Å²) in [5.74, 6) is -2.57. The van der Waals surface area contributed by atoms with E-state index in [1.807, 2.05) is 24.3 Å². The van der Waals surface area contributed by atoms with E-state index in [1.54, 1.807) is 6.07 Å². The zero-order valence-corrected chi connectivity index (χ0v) is 14.4. The number of nitriles is 1. The van der Waals surface area contributed by atoms with E-state index in [0.717, 1.165) is 17.5 Å². The Morgan fingerprint density at radius 3 is 2.46 bits per heavy atom. The number of halogens is 2. The number of hydrogen-bond acceptors (Lipinski definition) is 4. The average molecular weight is 359 g/mol. The van der Waals surface area contributed by atoms with E-state index in [-0.39, 0.29) is 30.1 Å². The molecule has 0 saturated carbocycles. The number of hydrogen-bond donors (Lipinski definition) is 0. The second-order valence-corrected chi connectivity index (χ2v) is 6.07. The summed E-state index contributed by atoms with van der Waals surface area (Å²) < 4.78 is 44.3. The molecule has 3 rings (SSSR count). The lowest BCUT2D eigenvalue weighted by Crippen LogP contribution is -2.30. The second kappa shape index (κ2) is 8.26. The molecule has 0 aromatic heterocycles. The van der Waals surface area contributed by atoms with Crippen molar-refractivity contribution in [3.63, 3.8) is 0 Å². The van der Waals surface area contributed by atoms with Crippen molar-refractivity contribution in [3.8, 4) is 11.8 Å². The lowest BCUT2D eigenvalue weighted by molar-refractivity contribution is -0.135. The fraction of sp³-hybridized carbons (Fsp3) is 0.350. The Bertz CT molecular complexity index is 794. The van der Waals surface area contributed by atoms with E-state index in [4.69, 9.17) is 19.5 Å². The van der Waals surface area contributed by atoms with Crippen molar-refractivity contribution >= 4 is 0 Å². The molecular formula is C20H19F2NO3. The van der Waals surface area contributed by atoms with E-state index in [9.17, 15) is 8.78 Å². The van der Waals surface area contributed by atoms with E-state index >= 15 is 0 Å². The van der Waals surface area contributed by atoms with Crippen LogP contribution in [0.15, 0.2) is 36.4 Å². The van der Waals surface area contributed by atoms with Crippen molar-refractivity contribution in [3.05, 3.63) is 64.7 Å². The van der Waals surface area contributed by atoms with Crippen LogP contribution >= 0.6 is 0 Å². The third-order valence-corrected chi connectivity index (χ3v) is 4.34. The van der Waals surface area contributed by atoms with Gasteiger partial charge < -0.3 is 14.2 Å². The third kappa shape index (κ3) is 4.01. The number of benzene rings is 2.